The third kappa shape index (κ3) is 3.01. The minimum atomic E-state index is -0.338. The van der Waals surface area contributed by atoms with Crippen LogP contribution in [0.5, 0.6) is 0 Å². The molecule has 3 rings (SSSR count). The molecular weight excluding hydrogens is 285 g/mol. The van der Waals surface area contributed by atoms with Gasteiger partial charge in [-0.05, 0) is 47.5 Å². The van der Waals surface area contributed by atoms with Gasteiger partial charge >= 0.3 is 0 Å². The minimum absolute atomic E-state index is 0.00489. The first-order valence-electron chi connectivity index (χ1n) is 6.84. The molecule has 0 radical (unpaired) electrons. The van der Waals surface area contributed by atoms with E-state index in [9.17, 15) is 4.39 Å². The molecule has 106 valence electrons. The number of fused-ring (bicyclic) bond motifs is 1. The summed E-state index contributed by atoms with van der Waals surface area (Å²) in [6.45, 7) is 2.01. The second kappa shape index (κ2) is 5.74. The smallest absolute Gasteiger partial charge is 0.147 e. The van der Waals surface area contributed by atoms with E-state index in [-0.39, 0.29) is 11.9 Å². The predicted octanol–water partition coefficient (Wildman–Crippen LogP) is 5.81. The molecule has 0 aliphatic heterocycles. The van der Waals surface area contributed by atoms with Crippen molar-refractivity contribution < 1.29 is 4.39 Å². The van der Waals surface area contributed by atoms with Crippen molar-refractivity contribution in [1.29, 1.82) is 0 Å². The van der Waals surface area contributed by atoms with Gasteiger partial charge < -0.3 is 5.32 Å². The first-order chi connectivity index (χ1) is 10.1. The summed E-state index contributed by atoms with van der Waals surface area (Å²) >= 11 is 5.77. The maximum absolute atomic E-state index is 13.8. The summed E-state index contributed by atoms with van der Waals surface area (Å²) in [6.07, 6.45) is 0. The van der Waals surface area contributed by atoms with Crippen molar-refractivity contribution in [2.75, 3.05) is 5.32 Å². The Bertz CT molecular complexity index is 785. The van der Waals surface area contributed by atoms with Gasteiger partial charge in [0.2, 0.25) is 0 Å². The minimum Gasteiger partial charge on any atom is -0.376 e. The Labute approximate surface area is 128 Å². The number of benzene rings is 3. The third-order valence-electron chi connectivity index (χ3n) is 3.58. The van der Waals surface area contributed by atoms with Crippen molar-refractivity contribution in [3.63, 3.8) is 0 Å². The van der Waals surface area contributed by atoms with Crippen molar-refractivity contribution in [3.8, 4) is 0 Å². The molecule has 0 spiro atoms. The lowest BCUT2D eigenvalue weighted by Gasteiger charge is -2.17. The first-order valence-corrected chi connectivity index (χ1v) is 7.21. The highest BCUT2D eigenvalue weighted by Crippen LogP contribution is 2.26. The molecule has 3 aromatic carbocycles. The van der Waals surface area contributed by atoms with Gasteiger partial charge in [0, 0.05) is 11.1 Å². The van der Waals surface area contributed by atoms with Gasteiger partial charge in [0.25, 0.3) is 0 Å². The van der Waals surface area contributed by atoms with Gasteiger partial charge in [-0.1, -0.05) is 48.0 Å². The SMILES string of the molecule is CC(Nc1ccc(Cl)cc1F)c1ccc2ccccc2c1. The molecule has 0 aliphatic rings. The molecular formula is C18H15ClFN. The molecule has 0 fully saturated rings. The maximum atomic E-state index is 13.8. The summed E-state index contributed by atoms with van der Waals surface area (Å²) in [5, 5.41) is 5.97. The Morgan fingerprint density at radius 1 is 0.952 bits per heavy atom. The fourth-order valence-electron chi connectivity index (χ4n) is 2.40. The lowest BCUT2D eigenvalue weighted by atomic mass is 10.0. The summed E-state index contributed by atoms with van der Waals surface area (Å²) in [6, 6.07) is 19.1. The van der Waals surface area contributed by atoms with Crippen molar-refractivity contribution in [3.05, 3.63) is 77.1 Å². The van der Waals surface area contributed by atoms with Crippen LogP contribution in [0.4, 0.5) is 10.1 Å². The molecule has 0 saturated carbocycles. The van der Waals surface area contributed by atoms with Crippen LogP contribution in [-0.4, -0.2) is 0 Å². The number of hydrogen-bond donors (Lipinski definition) is 1. The molecule has 3 heteroatoms. The maximum Gasteiger partial charge on any atom is 0.147 e. The largest absolute Gasteiger partial charge is 0.376 e. The number of nitrogens with one attached hydrogen (secondary N) is 1. The Morgan fingerprint density at radius 2 is 1.71 bits per heavy atom. The second-order valence-corrected chi connectivity index (χ2v) is 5.53. The summed E-state index contributed by atoms with van der Waals surface area (Å²) in [5.74, 6) is -0.338. The van der Waals surface area contributed by atoms with E-state index in [1.54, 1.807) is 12.1 Å². The van der Waals surface area contributed by atoms with E-state index in [0.717, 1.165) is 5.56 Å². The normalized spacial score (nSPS) is 12.3. The molecule has 3 aromatic rings. The average Bonchev–Trinajstić information content (AvgIpc) is 2.49. The zero-order valence-corrected chi connectivity index (χ0v) is 12.4. The summed E-state index contributed by atoms with van der Waals surface area (Å²) in [7, 11) is 0. The zero-order valence-electron chi connectivity index (χ0n) is 11.6. The molecule has 1 unspecified atom stereocenters. The molecule has 0 aromatic heterocycles. The van der Waals surface area contributed by atoms with Gasteiger partial charge in [0.15, 0.2) is 0 Å². The fraction of sp³-hybridized carbons (Fsp3) is 0.111. The van der Waals surface area contributed by atoms with Gasteiger partial charge in [-0.25, -0.2) is 4.39 Å². The van der Waals surface area contributed by atoms with Crippen LogP contribution < -0.4 is 5.32 Å². The van der Waals surface area contributed by atoms with Crippen LogP contribution in [-0.2, 0) is 0 Å². The van der Waals surface area contributed by atoms with Crippen molar-refractivity contribution in [1.82, 2.24) is 0 Å². The summed E-state index contributed by atoms with van der Waals surface area (Å²) in [4.78, 5) is 0. The highest BCUT2D eigenvalue weighted by atomic mass is 35.5. The van der Waals surface area contributed by atoms with Crippen molar-refractivity contribution >= 4 is 28.1 Å². The van der Waals surface area contributed by atoms with E-state index < -0.39 is 0 Å². The topological polar surface area (TPSA) is 12.0 Å². The van der Waals surface area contributed by atoms with E-state index in [4.69, 9.17) is 11.6 Å². The van der Waals surface area contributed by atoms with Crippen LogP contribution in [0.1, 0.15) is 18.5 Å². The Kier molecular flexibility index (Phi) is 3.80. The molecule has 0 saturated heterocycles. The second-order valence-electron chi connectivity index (χ2n) is 5.10. The van der Waals surface area contributed by atoms with E-state index in [2.05, 4.69) is 35.6 Å². The van der Waals surface area contributed by atoms with Crippen LogP contribution in [0.3, 0.4) is 0 Å². The standard InChI is InChI=1S/C18H15ClFN/c1-12(21-18-9-8-16(19)11-17(18)20)14-7-6-13-4-2-3-5-15(13)10-14/h2-12,21H,1H3. The number of halogens is 2. The monoisotopic (exact) mass is 299 g/mol. The first kappa shape index (κ1) is 13.9. The lowest BCUT2D eigenvalue weighted by Crippen LogP contribution is -2.07. The van der Waals surface area contributed by atoms with Gasteiger partial charge in [-0.3, -0.25) is 0 Å². The van der Waals surface area contributed by atoms with Gasteiger partial charge in [0.1, 0.15) is 5.82 Å². The van der Waals surface area contributed by atoms with Crippen LogP contribution in [0, 0.1) is 5.82 Å². The Morgan fingerprint density at radius 3 is 2.48 bits per heavy atom. The molecule has 0 bridgehead atoms. The van der Waals surface area contributed by atoms with Crippen LogP contribution in [0.25, 0.3) is 10.8 Å². The van der Waals surface area contributed by atoms with Crippen LogP contribution >= 0.6 is 11.6 Å². The average molecular weight is 300 g/mol. The van der Waals surface area contributed by atoms with Crippen LogP contribution in [0.2, 0.25) is 5.02 Å². The molecule has 21 heavy (non-hydrogen) atoms. The third-order valence-corrected chi connectivity index (χ3v) is 3.81. The van der Waals surface area contributed by atoms with Gasteiger partial charge in [-0.15, -0.1) is 0 Å². The van der Waals surface area contributed by atoms with E-state index in [1.165, 1.54) is 16.8 Å². The van der Waals surface area contributed by atoms with Crippen LogP contribution in [0.15, 0.2) is 60.7 Å². The number of hydrogen-bond acceptors (Lipinski definition) is 1. The Balaban J connectivity index is 1.87. The molecule has 0 amide bonds. The number of rotatable bonds is 3. The molecule has 0 aliphatic carbocycles. The quantitative estimate of drug-likeness (QED) is 0.644. The molecule has 0 heterocycles. The van der Waals surface area contributed by atoms with Gasteiger partial charge in [0.05, 0.1) is 5.69 Å². The molecule has 1 N–H and O–H groups in total. The Hall–Kier alpha value is -2.06. The fourth-order valence-corrected chi connectivity index (χ4v) is 2.56. The molecule has 1 atom stereocenters. The van der Waals surface area contributed by atoms with Crippen molar-refractivity contribution in [2.45, 2.75) is 13.0 Å². The van der Waals surface area contributed by atoms with E-state index >= 15 is 0 Å². The van der Waals surface area contributed by atoms with Gasteiger partial charge in [-0.2, -0.15) is 0 Å². The zero-order chi connectivity index (χ0) is 14.8. The highest BCUT2D eigenvalue weighted by Gasteiger charge is 2.09. The number of anilines is 1. The molecule has 1 nitrogen and oxygen atoms in total. The highest BCUT2D eigenvalue weighted by molar-refractivity contribution is 6.30. The lowest BCUT2D eigenvalue weighted by molar-refractivity contribution is 0.627. The van der Waals surface area contributed by atoms with E-state index in [0.29, 0.717) is 10.7 Å². The predicted molar refractivity (Wildman–Crippen MR) is 87.4 cm³/mol. The van der Waals surface area contributed by atoms with E-state index in [1.807, 2.05) is 19.1 Å². The summed E-state index contributed by atoms with van der Waals surface area (Å²) in [5.41, 5.74) is 1.57. The van der Waals surface area contributed by atoms with Crippen molar-refractivity contribution in [2.24, 2.45) is 0 Å². The summed E-state index contributed by atoms with van der Waals surface area (Å²) < 4.78 is 13.8.